The van der Waals surface area contributed by atoms with E-state index in [1.807, 2.05) is 30.9 Å². The predicted molar refractivity (Wildman–Crippen MR) is 80.4 cm³/mol. The van der Waals surface area contributed by atoms with E-state index in [9.17, 15) is 9.90 Å². The number of carboxylic acid groups (broad SMARTS) is 1. The molecule has 1 saturated heterocycles. The second-order valence-corrected chi connectivity index (χ2v) is 5.89. The summed E-state index contributed by atoms with van der Waals surface area (Å²) in [6, 6.07) is 7.27. The van der Waals surface area contributed by atoms with Crippen molar-refractivity contribution >= 4 is 17.6 Å². The van der Waals surface area contributed by atoms with Gasteiger partial charge in [0.15, 0.2) is 0 Å². The Kier molecular flexibility index (Phi) is 7.28. The second-order valence-electron chi connectivity index (χ2n) is 5.46. The molecule has 1 aliphatic rings. The molecule has 0 spiro atoms. The zero-order valence-electron chi connectivity index (χ0n) is 13.5. The van der Waals surface area contributed by atoms with Crippen LogP contribution in [0.5, 0.6) is 5.75 Å². The molecule has 22 heavy (non-hydrogen) atoms. The Labute approximate surface area is 149 Å². The summed E-state index contributed by atoms with van der Waals surface area (Å²) in [6.45, 7) is 5.10. The largest absolute Gasteiger partial charge is 1.00 e. The molecule has 0 N–H and O–H groups in total. The first-order valence-electron chi connectivity index (χ1n) is 7.40. The third-order valence-electron chi connectivity index (χ3n) is 4.40. The van der Waals surface area contributed by atoms with E-state index >= 15 is 0 Å². The van der Waals surface area contributed by atoms with Crippen LogP contribution in [0.2, 0.25) is 5.02 Å². The molecule has 0 aliphatic carbocycles. The summed E-state index contributed by atoms with van der Waals surface area (Å²) in [5.74, 6) is -0.266. The first kappa shape index (κ1) is 19.4. The van der Waals surface area contributed by atoms with Crippen molar-refractivity contribution in [2.24, 2.45) is 0 Å². The summed E-state index contributed by atoms with van der Waals surface area (Å²) in [7, 11) is 0. The molecule has 0 bridgehead atoms. The Bertz CT molecular complexity index is 508. The average Bonchev–Trinajstić information content (AvgIpc) is 2.89. The molecule has 116 valence electrons. The van der Waals surface area contributed by atoms with Crippen molar-refractivity contribution in [2.45, 2.75) is 44.8 Å². The van der Waals surface area contributed by atoms with Crippen LogP contribution in [0, 0.1) is 0 Å². The molecule has 0 aromatic heterocycles. The number of carbonyl (C=O) groups is 1. The smallest absolute Gasteiger partial charge is 0.548 e. The van der Waals surface area contributed by atoms with Crippen LogP contribution in [-0.2, 0) is 4.79 Å². The van der Waals surface area contributed by atoms with Crippen molar-refractivity contribution in [3.63, 3.8) is 0 Å². The number of ether oxygens (including phenoxy) is 1. The minimum Gasteiger partial charge on any atom is -0.548 e. The molecule has 1 aromatic carbocycles. The van der Waals surface area contributed by atoms with Gasteiger partial charge in [-0.25, -0.2) is 0 Å². The Morgan fingerprint density at radius 1 is 1.45 bits per heavy atom. The number of nitrogens with zero attached hydrogens (tertiary/aromatic N) is 1. The number of halogens is 1. The molecule has 1 aromatic rings. The maximum atomic E-state index is 11.6. The summed E-state index contributed by atoms with van der Waals surface area (Å²) >= 11 is 5.94. The molecule has 4 nitrogen and oxygen atoms in total. The summed E-state index contributed by atoms with van der Waals surface area (Å²) in [5.41, 5.74) is -0.882. The van der Waals surface area contributed by atoms with Crippen LogP contribution in [0.4, 0.5) is 0 Å². The first-order chi connectivity index (χ1) is 10.0. The van der Waals surface area contributed by atoms with E-state index in [0.717, 1.165) is 12.2 Å². The van der Waals surface area contributed by atoms with Crippen molar-refractivity contribution in [3.8, 4) is 5.75 Å². The minimum absolute atomic E-state index is 0. The molecule has 0 radical (unpaired) electrons. The third-order valence-corrected chi connectivity index (χ3v) is 4.63. The molecule has 1 fully saturated rings. The van der Waals surface area contributed by atoms with Crippen LogP contribution < -0.4 is 28.7 Å². The number of hydrogen-bond acceptors (Lipinski definition) is 4. The molecule has 6 heteroatoms. The molecule has 1 aliphatic heterocycles. The Morgan fingerprint density at radius 2 is 2.14 bits per heavy atom. The van der Waals surface area contributed by atoms with Crippen LogP contribution in [-0.4, -0.2) is 35.6 Å². The van der Waals surface area contributed by atoms with Gasteiger partial charge < -0.3 is 14.6 Å². The van der Waals surface area contributed by atoms with Gasteiger partial charge >= 0.3 is 18.9 Å². The fourth-order valence-corrected chi connectivity index (χ4v) is 3.24. The average molecular weight is 318 g/mol. The summed E-state index contributed by atoms with van der Waals surface area (Å²) in [5, 5.41) is 12.2. The van der Waals surface area contributed by atoms with Crippen molar-refractivity contribution < 1.29 is 33.5 Å². The second kappa shape index (κ2) is 8.26. The number of carboxylic acids is 1. The van der Waals surface area contributed by atoms with E-state index < -0.39 is 11.5 Å². The third kappa shape index (κ3) is 4.00. The van der Waals surface area contributed by atoms with Gasteiger partial charge in [-0.1, -0.05) is 31.5 Å². The van der Waals surface area contributed by atoms with E-state index in [-0.39, 0.29) is 25.0 Å². The standard InChI is InChI=1S/C16H22ClNO3.Li/c1-3-16(4-2,15(19)20)18-9-8-14(11-18)21-13-7-5-6-12(17)10-13;/h5-7,10,14H,3-4,8-9,11H2,1-2H3,(H,19,20);/q;+1/p-1/t14-;/m1./s1. The van der Waals surface area contributed by atoms with Gasteiger partial charge in [0.2, 0.25) is 0 Å². The molecule has 2 rings (SSSR count). The Morgan fingerprint density at radius 3 is 2.68 bits per heavy atom. The van der Waals surface area contributed by atoms with Gasteiger partial charge in [-0.2, -0.15) is 0 Å². The van der Waals surface area contributed by atoms with Gasteiger partial charge in [-0.3, -0.25) is 4.90 Å². The summed E-state index contributed by atoms with van der Waals surface area (Å²) < 4.78 is 5.91. The fourth-order valence-electron chi connectivity index (χ4n) is 3.06. The Hall–Kier alpha value is -0.663. The first-order valence-corrected chi connectivity index (χ1v) is 7.78. The van der Waals surface area contributed by atoms with E-state index in [1.54, 1.807) is 12.1 Å². The quantitative estimate of drug-likeness (QED) is 0.639. The zero-order valence-corrected chi connectivity index (χ0v) is 14.2. The van der Waals surface area contributed by atoms with Crippen LogP contribution in [0.3, 0.4) is 0 Å². The van der Waals surface area contributed by atoms with E-state index in [0.29, 0.717) is 31.0 Å². The molecule has 1 atom stereocenters. The maximum Gasteiger partial charge on any atom is 1.00 e. The van der Waals surface area contributed by atoms with Crippen LogP contribution >= 0.6 is 11.6 Å². The monoisotopic (exact) mass is 317 g/mol. The topological polar surface area (TPSA) is 52.6 Å². The molecule has 0 unspecified atom stereocenters. The van der Waals surface area contributed by atoms with Crippen molar-refractivity contribution in [2.75, 3.05) is 13.1 Å². The van der Waals surface area contributed by atoms with E-state index in [2.05, 4.69) is 0 Å². The van der Waals surface area contributed by atoms with Crippen LogP contribution in [0.15, 0.2) is 24.3 Å². The maximum absolute atomic E-state index is 11.6. The molecular weight excluding hydrogens is 297 g/mol. The van der Waals surface area contributed by atoms with Crippen LogP contribution in [0.1, 0.15) is 33.1 Å². The number of rotatable bonds is 6. The summed E-state index contributed by atoms with van der Waals surface area (Å²) in [6.07, 6.45) is 1.87. The van der Waals surface area contributed by atoms with Crippen molar-refractivity contribution in [1.82, 2.24) is 4.90 Å². The van der Waals surface area contributed by atoms with Crippen LogP contribution in [0.25, 0.3) is 0 Å². The minimum atomic E-state index is -0.990. The fraction of sp³-hybridized carbons (Fsp3) is 0.562. The van der Waals surface area contributed by atoms with Crippen molar-refractivity contribution in [3.05, 3.63) is 29.3 Å². The van der Waals surface area contributed by atoms with Gasteiger partial charge in [0, 0.05) is 18.1 Å². The Balaban J connectivity index is 0.00000242. The molecule has 0 saturated carbocycles. The van der Waals surface area contributed by atoms with Crippen molar-refractivity contribution in [1.29, 1.82) is 0 Å². The summed E-state index contributed by atoms with van der Waals surface area (Å²) in [4.78, 5) is 13.6. The van der Waals surface area contributed by atoms with E-state index in [1.165, 1.54) is 0 Å². The van der Waals surface area contributed by atoms with Gasteiger partial charge in [0.1, 0.15) is 11.9 Å². The number of likely N-dealkylation sites (tertiary alicyclic amines) is 1. The number of carbonyl (C=O) groups excluding carboxylic acids is 1. The predicted octanol–water partition coefficient (Wildman–Crippen LogP) is -0.894. The van der Waals surface area contributed by atoms with Gasteiger partial charge in [-0.15, -0.1) is 0 Å². The van der Waals surface area contributed by atoms with Gasteiger partial charge in [-0.05, 0) is 37.5 Å². The van der Waals surface area contributed by atoms with E-state index in [4.69, 9.17) is 16.3 Å². The number of benzene rings is 1. The molecule has 0 amide bonds. The van der Waals surface area contributed by atoms with Gasteiger partial charge in [0.25, 0.3) is 0 Å². The molecule has 1 heterocycles. The SMILES string of the molecule is CCC(CC)(C(=O)[O-])N1CC[C@@H](Oc2cccc(Cl)c2)C1.[Li+]. The number of aliphatic carboxylic acids is 1. The van der Waals surface area contributed by atoms with Gasteiger partial charge in [0.05, 0.1) is 11.5 Å². The zero-order chi connectivity index (χ0) is 15.5. The number of hydrogen-bond donors (Lipinski definition) is 0. The molecular formula is C16H21ClLiNO3. The normalized spacial score (nSPS) is 18.8.